The maximum Gasteiger partial charge on any atom is 0.317 e. The fourth-order valence-corrected chi connectivity index (χ4v) is 3.50. The van der Waals surface area contributed by atoms with Gasteiger partial charge in [0.25, 0.3) is 0 Å². The zero-order chi connectivity index (χ0) is 20.8. The number of amides is 2. The number of methoxy groups -OCH3 is 1. The largest absolute Gasteiger partial charge is 0.497 e. The highest BCUT2D eigenvalue weighted by Crippen LogP contribution is 2.18. The van der Waals surface area contributed by atoms with E-state index in [1.54, 1.807) is 19.1 Å². The van der Waals surface area contributed by atoms with E-state index in [-0.39, 0.29) is 18.2 Å². The van der Waals surface area contributed by atoms with Crippen LogP contribution in [0.3, 0.4) is 0 Å². The molecule has 3 rings (SSSR count). The van der Waals surface area contributed by atoms with Crippen molar-refractivity contribution < 1.29 is 14.3 Å². The Morgan fingerprint density at radius 2 is 2.00 bits per heavy atom. The van der Waals surface area contributed by atoms with Crippen molar-refractivity contribution in [2.45, 2.75) is 39.1 Å². The molecule has 156 valence electrons. The molecular weight excluding hydrogens is 368 g/mol. The second-order valence-electron chi connectivity index (χ2n) is 7.55. The summed E-state index contributed by atoms with van der Waals surface area (Å²) in [6.45, 7) is 6.77. The Morgan fingerprint density at radius 3 is 2.66 bits per heavy atom. The van der Waals surface area contributed by atoms with Crippen LogP contribution in [0.1, 0.15) is 25.0 Å². The molecule has 2 atom stereocenters. The van der Waals surface area contributed by atoms with Crippen LogP contribution in [0, 0.1) is 0 Å². The normalized spacial score (nSPS) is 19.0. The molecule has 1 aliphatic heterocycles. The van der Waals surface area contributed by atoms with Gasteiger partial charge >= 0.3 is 6.03 Å². The van der Waals surface area contributed by atoms with Crippen molar-refractivity contribution in [2.75, 3.05) is 32.1 Å². The van der Waals surface area contributed by atoms with Gasteiger partial charge in [-0.2, -0.15) is 0 Å². The number of anilines is 1. The Labute approximate surface area is 172 Å². The van der Waals surface area contributed by atoms with Crippen molar-refractivity contribution in [2.24, 2.45) is 0 Å². The number of aromatic nitrogens is 1. The Hall–Kier alpha value is -2.80. The van der Waals surface area contributed by atoms with Gasteiger partial charge in [0.15, 0.2) is 0 Å². The van der Waals surface area contributed by atoms with Crippen molar-refractivity contribution in [3.63, 3.8) is 0 Å². The first-order chi connectivity index (χ1) is 13.9. The number of morpholine rings is 1. The molecular formula is C22H30N4O3. The first-order valence-corrected chi connectivity index (χ1v) is 9.92. The van der Waals surface area contributed by atoms with Crippen molar-refractivity contribution in [3.05, 3.63) is 53.7 Å². The molecule has 0 aliphatic carbocycles. The number of rotatable bonds is 6. The predicted octanol–water partition coefficient (Wildman–Crippen LogP) is 3.05. The first-order valence-electron chi connectivity index (χ1n) is 9.92. The van der Waals surface area contributed by atoms with Crippen LogP contribution in [0.5, 0.6) is 5.75 Å². The Kier molecular flexibility index (Phi) is 6.93. The molecule has 1 aliphatic rings. The molecule has 2 heterocycles. The average molecular weight is 399 g/mol. The maximum absolute atomic E-state index is 12.4. The monoisotopic (exact) mass is 398 g/mol. The number of pyridine rings is 1. The lowest BCUT2D eigenvalue weighted by Crippen LogP contribution is -2.45. The van der Waals surface area contributed by atoms with E-state index in [4.69, 9.17) is 9.47 Å². The number of carbonyl (C=O) groups is 1. The fourth-order valence-electron chi connectivity index (χ4n) is 3.50. The molecule has 1 aromatic carbocycles. The van der Waals surface area contributed by atoms with Crippen molar-refractivity contribution >= 4 is 11.8 Å². The van der Waals surface area contributed by atoms with E-state index in [2.05, 4.69) is 29.0 Å². The molecule has 2 unspecified atom stereocenters. The molecule has 1 fully saturated rings. The third-order valence-corrected chi connectivity index (χ3v) is 4.90. The standard InChI is InChI=1S/C22H30N4O3/c1-16-13-26(14-17(2)29-16)21-9-8-19(11-23-21)12-24-22(27)25(3)15-18-6-5-7-20(10-18)28-4/h5-11,16-17H,12-15H2,1-4H3,(H,24,27). The second kappa shape index (κ2) is 9.60. The number of hydrogen-bond acceptors (Lipinski definition) is 5. The Balaban J connectivity index is 1.50. The molecule has 2 amide bonds. The van der Waals surface area contributed by atoms with Gasteiger partial charge in [0.2, 0.25) is 0 Å². The van der Waals surface area contributed by atoms with Gasteiger partial charge in [-0.1, -0.05) is 18.2 Å². The molecule has 0 spiro atoms. The van der Waals surface area contributed by atoms with Gasteiger partial charge in [0.05, 0.1) is 19.3 Å². The highest BCUT2D eigenvalue weighted by Gasteiger charge is 2.23. The summed E-state index contributed by atoms with van der Waals surface area (Å²) in [6, 6.07) is 11.6. The number of hydrogen-bond donors (Lipinski definition) is 1. The minimum absolute atomic E-state index is 0.132. The molecule has 0 saturated carbocycles. The maximum atomic E-state index is 12.4. The molecule has 1 saturated heterocycles. The minimum Gasteiger partial charge on any atom is -0.497 e. The summed E-state index contributed by atoms with van der Waals surface area (Å²) in [7, 11) is 3.41. The lowest BCUT2D eigenvalue weighted by molar-refractivity contribution is -0.00546. The van der Waals surface area contributed by atoms with Crippen LogP contribution >= 0.6 is 0 Å². The number of ether oxygens (including phenoxy) is 2. The third kappa shape index (κ3) is 5.84. The lowest BCUT2D eigenvalue weighted by atomic mass is 10.2. The van der Waals surface area contributed by atoms with Gasteiger partial charge in [-0.3, -0.25) is 0 Å². The molecule has 29 heavy (non-hydrogen) atoms. The van der Waals surface area contributed by atoms with Crippen LogP contribution in [-0.4, -0.2) is 55.4 Å². The van der Waals surface area contributed by atoms with E-state index in [9.17, 15) is 4.79 Å². The van der Waals surface area contributed by atoms with Crippen LogP contribution in [0.2, 0.25) is 0 Å². The summed E-state index contributed by atoms with van der Waals surface area (Å²) < 4.78 is 11.0. The summed E-state index contributed by atoms with van der Waals surface area (Å²) >= 11 is 0. The molecule has 0 bridgehead atoms. The summed E-state index contributed by atoms with van der Waals surface area (Å²) in [4.78, 5) is 20.9. The van der Waals surface area contributed by atoms with Crippen LogP contribution < -0.4 is 15.0 Å². The van der Waals surface area contributed by atoms with Crippen molar-refractivity contribution in [1.29, 1.82) is 0 Å². The summed E-state index contributed by atoms with van der Waals surface area (Å²) in [5.74, 6) is 1.73. The van der Waals surface area contributed by atoms with Gasteiger partial charge in [-0.15, -0.1) is 0 Å². The van der Waals surface area contributed by atoms with E-state index in [1.165, 1.54) is 0 Å². The number of urea groups is 1. The van der Waals surface area contributed by atoms with Crippen molar-refractivity contribution in [1.82, 2.24) is 15.2 Å². The van der Waals surface area contributed by atoms with Crippen LogP contribution in [0.4, 0.5) is 10.6 Å². The van der Waals surface area contributed by atoms with Gasteiger partial charge in [-0.25, -0.2) is 9.78 Å². The summed E-state index contributed by atoms with van der Waals surface area (Å²) in [5, 5.41) is 2.94. The van der Waals surface area contributed by atoms with Gasteiger partial charge < -0.3 is 24.6 Å². The zero-order valence-corrected chi connectivity index (χ0v) is 17.6. The molecule has 2 aromatic rings. The lowest BCUT2D eigenvalue weighted by Gasteiger charge is -2.36. The number of nitrogens with one attached hydrogen (secondary N) is 1. The van der Waals surface area contributed by atoms with Crippen LogP contribution in [0.25, 0.3) is 0 Å². The van der Waals surface area contributed by atoms with E-state index >= 15 is 0 Å². The van der Waals surface area contributed by atoms with Gasteiger partial charge in [0, 0.05) is 39.4 Å². The van der Waals surface area contributed by atoms with Gasteiger partial charge in [-0.05, 0) is 43.2 Å². The second-order valence-corrected chi connectivity index (χ2v) is 7.55. The Morgan fingerprint density at radius 1 is 1.24 bits per heavy atom. The highest BCUT2D eigenvalue weighted by molar-refractivity contribution is 5.73. The van der Waals surface area contributed by atoms with Crippen molar-refractivity contribution in [3.8, 4) is 5.75 Å². The SMILES string of the molecule is COc1cccc(CN(C)C(=O)NCc2ccc(N3CC(C)OC(C)C3)nc2)c1. The quantitative estimate of drug-likeness (QED) is 0.810. The van der Waals surface area contributed by atoms with E-state index in [0.717, 1.165) is 35.8 Å². The predicted molar refractivity (Wildman–Crippen MR) is 113 cm³/mol. The third-order valence-electron chi connectivity index (χ3n) is 4.90. The number of nitrogens with zero attached hydrogens (tertiary/aromatic N) is 3. The topological polar surface area (TPSA) is 66.9 Å². The fraction of sp³-hybridized carbons (Fsp3) is 0.455. The molecule has 1 N–H and O–H groups in total. The van der Waals surface area contributed by atoms with Gasteiger partial charge in [0.1, 0.15) is 11.6 Å². The van der Waals surface area contributed by atoms with Crippen LogP contribution in [-0.2, 0) is 17.8 Å². The first kappa shape index (κ1) is 20.9. The highest BCUT2D eigenvalue weighted by atomic mass is 16.5. The smallest absolute Gasteiger partial charge is 0.317 e. The average Bonchev–Trinajstić information content (AvgIpc) is 2.71. The number of carbonyl (C=O) groups excluding carboxylic acids is 1. The Bertz CT molecular complexity index is 802. The van der Waals surface area contributed by atoms with Crippen LogP contribution in [0.15, 0.2) is 42.6 Å². The summed E-state index contributed by atoms with van der Waals surface area (Å²) in [6.07, 6.45) is 2.21. The van der Waals surface area contributed by atoms with E-state index in [1.807, 2.05) is 42.6 Å². The molecule has 7 nitrogen and oxygen atoms in total. The van der Waals surface area contributed by atoms with E-state index < -0.39 is 0 Å². The number of benzene rings is 1. The zero-order valence-electron chi connectivity index (χ0n) is 17.6. The molecule has 1 aromatic heterocycles. The molecule has 0 radical (unpaired) electrons. The van der Waals surface area contributed by atoms with E-state index in [0.29, 0.717) is 13.1 Å². The minimum atomic E-state index is -0.132. The molecule has 7 heteroatoms. The summed E-state index contributed by atoms with van der Waals surface area (Å²) in [5.41, 5.74) is 1.98.